The van der Waals surface area contributed by atoms with Crippen molar-refractivity contribution in [3.8, 4) is 11.5 Å². The lowest BCUT2D eigenvalue weighted by molar-refractivity contribution is 0.131. The lowest BCUT2D eigenvalue weighted by Crippen LogP contribution is -2.42. The van der Waals surface area contributed by atoms with Crippen LogP contribution < -0.4 is 15.2 Å². The van der Waals surface area contributed by atoms with Crippen molar-refractivity contribution in [2.24, 2.45) is 17.6 Å². The van der Waals surface area contributed by atoms with Crippen LogP contribution in [0.1, 0.15) is 31.9 Å². The Labute approximate surface area is 128 Å². The molecule has 0 saturated carbocycles. The molecular formula is C17H28N2O2. The Morgan fingerprint density at radius 3 is 2.62 bits per heavy atom. The molecule has 1 aliphatic rings. The molecule has 1 heterocycles. The van der Waals surface area contributed by atoms with Crippen LogP contribution in [0.15, 0.2) is 18.2 Å². The molecule has 1 fully saturated rings. The molecule has 1 aliphatic heterocycles. The summed E-state index contributed by atoms with van der Waals surface area (Å²) in [7, 11) is 3.33. The number of benzene rings is 1. The van der Waals surface area contributed by atoms with Crippen LogP contribution in [-0.2, 0) is 0 Å². The second-order valence-corrected chi connectivity index (χ2v) is 6.22. The first kappa shape index (κ1) is 16.1. The first-order valence-corrected chi connectivity index (χ1v) is 7.75. The summed E-state index contributed by atoms with van der Waals surface area (Å²) in [6.45, 7) is 7.81. The Bertz CT molecular complexity index is 464. The third-order valence-corrected chi connectivity index (χ3v) is 4.71. The van der Waals surface area contributed by atoms with Crippen LogP contribution in [0.2, 0.25) is 0 Å². The Morgan fingerprint density at radius 1 is 1.24 bits per heavy atom. The van der Waals surface area contributed by atoms with Gasteiger partial charge < -0.3 is 20.1 Å². The van der Waals surface area contributed by atoms with Crippen molar-refractivity contribution < 1.29 is 9.47 Å². The smallest absolute Gasteiger partial charge is 0.127 e. The Morgan fingerprint density at radius 2 is 2.00 bits per heavy atom. The SMILES string of the molecule is COc1ccc(C(N)CN2CCC(C)C(C)C2)c(OC)c1. The summed E-state index contributed by atoms with van der Waals surface area (Å²) in [6, 6.07) is 5.82. The van der Waals surface area contributed by atoms with E-state index in [1.165, 1.54) is 6.42 Å². The quantitative estimate of drug-likeness (QED) is 0.906. The van der Waals surface area contributed by atoms with Gasteiger partial charge in [0.05, 0.1) is 14.2 Å². The molecule has 0 amide bonds. The number of nitrogens with two attached hydrogens (primary N) is 1. The fraction of sp³-hybridized carbons (Fsp3) is 0.647. The molecular weight excluding hydrogens is 264 g/mol. The molecule has 4 heteroatoms. The van der Waals surface area contributed by atoms with Gasteiger partial charge in [-0.2, -0.15) is 0 Å². The first-order valence-electron chi connectivity index (χ1n) is 7.75. The van der Waals surface area contributed by atoms with Gasteiger partial charge >= 0.3 is 0 Å². The van der Waals surface area contributed by atoms with E-state index in [0.717, 1.165) is 48.5 Å². The summed E-state index contributed by atoms with van der Waals surface area (Å²) in [6.07, 6.45) is 1.26. The minimum absolute atomic E-state index is 0.0357. The number of hydrogen-bond acceptors (Lipinski definition) is 4. The number of likely N-dealkylation sites (tertiary alicyclic amines) is 1. The average Bonchev–Trinajstić information content (AvgIpc) is 2.50. The van der Waals surface area contributed by atoms with Crippen LogP contribution >= 0.6 is 0 Å². The van der Waals surface area contributed by atoms with Crippen LogP contribution in [0, 0.1) is 11.8 Å². The number of methoxy groups -OCH3 is 2. The largest absolute Gasteiger partial charge is 0.497 e. The second-order valence-electron chi connectivity index (χ2n) is 6.22. The first-order chi connectivity index (χ1) is 10.0. The highest BCUT2D eigenvalue weighted by atomic mass is 16.5. The van der Waals surface area contributed by atoms with Gasteiger partial charge in [-0.3, -0.25) is 0 Å². The number of rotatable bonds is 5. The Balaban J connectivity index is 2.04. The molecule has 3 unspecified atom stereocenters. The predicted octanol–water partition coefficient (Wildman–Crippen LogP) is 2.68. The van der Waals surface area contributed by atoms with Gasteiger partial charge in [0, 0.05) is 30.8 Å². The molecule has 3 atom stereocenters. The third kappa shape index (κ3) is 3.89. The normalized spacial score (nSPS) is 24.6. The number of ether oxygens (including phenoxy) is 2. The maximum Gasteiger partial charge on any atom is 0.127 e. The lowest BCUT2D eigenvalue weighted by Gasteiger charge is -2.36. The zero-order chi connectivity index (χ0) is 15.4. The second kappa shape index (κ2) is 7.14. The van der Waals surface area contributed by atoms with Gasteiger partial charge in [-0.25, -0.2) is 0 Å². The van der Waals surface area contributed by atoms with Gasteiger partial charge in [0.25, 0.3) is 0 Å². The summed E-state index contributed by atoms with van der Waals surface area (Å²) in [5, 5.41) is 0. The standard InChI is InChI=1S/C17H28N2O2/c1-12-7-8-19(10-13(12)2)11-16(18)15-6-5-14(20-3)9-17(15)21-4/h5-6,9,12-13,16H,7-8,10-11,18H2,1-4H3. The molecule has 0 aliphatic carbocycles. The van der Waals surface area contributed by atoms with Crippen molar-refractivity contribution in [2.45, 2.75) is 26.3 Å². The van der Waals surface area contributed by atoms with E-state index in [1.807, 2.05) is 18.2 Å². The van der Waals surface area contributed by atoms with Crippen molar-refractivity contribution in [1.82, 2.24) is 4.90 Å². The molecule has 21 heavy (non-hydrogen) atoms. The fourth-order valence-corrected chi connectivity index (χ4v) is 3.02. The minimum Gasteiger partial charge on any atom is -0.497 e. The van der Waals surface area contributed by atoms with Gasteiger partial charge in [0.1, 0.15) is 11.5 Å². The topological polar surface area (TPSA) is 47.7 Å². The number of piperidine rings is 1. The van der Waals surface area contributed by atoms with Gasteiger partial charge in [0.2, 0.25) is 0 Å². The molecule has 0 aromatic heterocycles. The molecule has 2 N–H and O–H groups in total. The molecule has 1 saturated heterocycles. The summed E-state index contributed by atoms with van der Waals surface area (Å²) in [5.41, 5.74) is 7.46. The summed E-state index contributed by atoms with van der Waals surface area (Å²) in [5.74, 6) is 3.15. The van der Waals surface area contributed by atoms with E-state index in [-0.39, 0.29) is 6.04 Å². The Kier molecular flexibility index (Phi) is 5.48. The maximum absolute atomic E-state index is 6.41. The molecule has 0 radical (unpaired) electrons. The Hall–Kier alpha value is -1.26. The summed E-state index contributed by atoms with van der Waals surface area (Å²) in [4.78, 5) is 2.47. The van der Waals surface area contributed by atoms with Crippen molar-refractivity contribution >= 4 is 0 Å². The summed E-state index contributed by atoms with van der Waals surface area (Å²) >= 11 is 0. The van der Waals surface area contributed by atoms with E-state index in [2.05, 4.69) is 18.7 Å². The van der Waals surface area contributed by atoms with Crippen LogP contribution in [0.25, 0.3) is 0 Å². The van der Waals surface area contributed by atoms with E-state index in [0.29, 0.717) is 0 Å². The van der Waals surface area contributed by atoms with Crippen LogP contribution in [0.3, 0.4) is 0 Å². The number of nitrogens with zero attached hydrogens (tertiary/aromatic N) is 1. The molecule has 0 bridgehead atoms. The highest BCUT2D eigenvalue weighted by Gasteiger charge is 2.24. The predicted molar refractivity (Wildman–Crippen MR) is 85.9 cm³/mol. The van der Waals surface area contributed by atoms with Crippen LogP contribution in [0.4, 0.5) is 0 Å². The van der Waals surface area contributed by atoms with E-state index in [9.17, 15) is 0 Å². The lowest BCUT2D eigenvalue weighted by atomic mass is 9.88. The zero-order valence-corrected chi connectivity index (χ0v) is 13.6. The van der Waals surface area contributed by atoms with Crippen molar-refractivity contribution in [2.75, 3.05) is 33.9 Å². The van der Waals surface area contributed by atoms with Gasteiger partial charge in [-0.15, -0.1) is 0 Å². The molecule has 1 aromatic carbocycles. The molecule has 4 nitrogen and oxygen atoms in total. The van der Waals surface area contributed by atoms with Crippen molar-refractivity contribution in [3.05, 3.63) is 23.8 Å². The molecule has 118 valence electrons. The average molecular weight is 292 g/mol. The van der Waals surface area contributed by atoms with Gasteiger partial charge in [-0.1, -0.05) is 19.9 Å². The third-order valence-electron chi connectivity index (χ3n) is 4.71. The minimum atomic E-state index is -0.0357. The molecule has 2 rings (SSSR count). The van der Waals surface area contributed by atoms with Crippen LogP contribution in [-0.4, -0.2) is 38.8 Å². The molecule has 1 aromatic rings. The highest BCUT2D eigenvalue weighted by Crippen LogP contribution is 2.30. The summed E-state index contributed by atoms with van der Waals surface area (Å²) < 4.78 is 10.7. The molecule has 0 spiro atoms. The van der Waals surface area contributed by atoms with E-state index in [1.54, 1.807) is 14.2 Å². The van der Waals surface area contributed by atoms with Crippen LogP contribution in [0.5, 0.6) is 11.5 Å². The maximum atomic E-state index is 6.41. The zero-order valence-electron chi connectivity index (χ0n) is 13.6. The van der Waals surface area contributed by atoms with E-state index >= 15 is 0 Å². The van der Waals surface area contributed by atoms with Gasteiger partial charge in [0.15, 0.2) is 0 Å². The number of hydrogen-bond donors (Lipinski definition) is 1. The monoisotopic (exact) mass is 292 g/mol. The van der Waals surface area contributed by atoms with Crippen molar-refractivity contribution in [1.29, 1.82) is 0 Å². The fourth-order valence-electron chi connectivity index (χ4n) is 3.02. The van der Waals surface area contributed by atoms with Gasteiger partial charge in [-0.05, 0) is 30.9 Å². The van der Waals surface area contributed by atoms with Crippen molar-refractivity contribution in [3.63, 3.8) is 0 Å². The highest BCUT2D eigenvalue weighted by molar-refractivity contribution is 5.42. The van der Waals surface area contributed by atoms with E-state index in [4.69, 9.17) is 15.2 Å². The van der Waals surface area contributed by atoms with E-state index < -0.39 is 0 Å².